The van der Waals surface area contributed by atoms with E-state index in [0.29, 0.717) is 19.5 Å². The van der Waals surface area contributed by atoms with Crippen LogP contribution >= 0.6 is 0 Å². The molecular weight excluding hydrogens is 268 g/mol. The van der Waals surface area contributed by atoms with Crippen molar-refractivity contribution in [1.82, 2.24) is 10.2 Å². The van der Waals surface area contributed by atoms with Crippen LogP contribution in [-0.4, -0.2) is 47.1 Å². The minimum atomic E-state index is -0.326. The Morgan fingerprint density at radius 3 is 2.24 bits per heavy atom. The van der Waals surface area contributed by atoms with Gasteiger partial charge in [0, 0.05) is 36.4 Å². The predicted molar refractivity (Wildman–Crippen MR) is 80.5 cm³/mol. The van der Waals surface area contributed by atoms with Gasteiger partial charge < -0.3 is 15.3 Å². The lowest BCUT2D eigenvalue weighted by Gasteiger charge is -2.49. The van der Waals surface area contributed by atoms with Crippen molar-refractivity contribution in [2.24, 2.45) is 17.3 Å². The molecule has 5 heteroatoms. The first-order valence-corrected chi connectivity index (χ1v) is 8.00. The number of aliphatic hydroxyl groups excluding tert-OH is 1. The fourth-order valence-electron chi connectivity index (χ4n) is 3.16. The second-order valence-corrected chi connectivity index (χ2v) is 7.39. The second kappa shape index (κ2) is 5.95. The summed E-state index contributed by atoms with van der Waals surface area (Å²) in [5.41, 5.74) is -0.232. The zero-order chi connectivity index (χ0) is 15.8. The molecule has 2 fully saturated rings. The second-order valence-electron chi connectivity index (χ2n) is 7.39. The highest BCUT2D eigenvalue weighted by atomic mass is 16.3. The summed E-state index contributed by atoms with van der Waals surface area (Å²) in [5.74, 6) is 0.274. The average molecular weight is 296 g/mol. The van der Waals surface area contributed by atoms with Crippen LogP contribution in [0.15, 0.2) is 0 Å². The van der Waals surface area contributed by atoms with E-state index in [9.17, 15) is 14.7 Å². The number of hydrogen-bond acceptors (Lipinski definition) is 3. The van der Waals surface area contributed by atoms with Gasteiger partial charge in [-0.2, -0.15) is 0 Å². The van der Waals surface area contributed by atoms with E-state index in [0.717, 1.165) is 12.8 Å². The smallest absolute Gasteiger partial charge is 0.225 e. The van der Waals surface area contributed by atoms with E-state index in [1.54, 1.807) is 0 Å². The van der Waals surface area contributed by atoms with Gasteiger partial charge in [-0.15, -0.1) is 0 Å². The molecule has 2 amide bonds. The van der Waals surface area contributed by atoms with Crippen molar-refractivity contribution in [2.75, 3.05) is 13.1 Å². The van der Waals surface area contributed by atoms with Gasteiger partial charge in [0.2, 0.25) is 11.8 Å². The Kier molecular flexibility index (Phi) is 4.61. The minimum Gasteiger partial charge on any atom is -0.392 e. The molecule has 0 aromatic heterocycles. The molecule has 0 spiro atoms. The van der Waals surface area contributed by atoms with Crippen LogP contribution in [0.4, 0.5) is 0 Å². The third-order valence-electron chi connectivity index (χ3n) is 5.20. The quantitative estimate of drug-likeness (QED) is 0.821. The Bertz CT molecular complexity index is 412. The van der Waals surface area contributed by atoms with Crippen LogP contribution in [0.1, 0.15) is 47.0 Å². The molecule has 21 heavy (non-hydrogen) atoms. The number of likely N-dealkylation sites (tertiary alicyclic amines) is 1. The van der Waals surface area contributed by atoms with Crippen molar-refractivity contribution in [3.8, 4) is 0 Å². The molecule has 1 aliphatic heterocycles. The highest BCUT2D eigenvalue weighted by Gasteiger charge is 2.48. The van der Waals surface area contributed by atoms with Gasteiger partial charge in [0.15, 0.2) is 0 Å². The number of amides is 2. The summed E-state index contributed by atoms with van der Waals surface area (Å²) in [4.78, 5) is 26.1. The van der Waals surface area contributed by atoms with Crippen LogP contribution in [0.2, 0.25) is 0 Å². The van der Waals surface area contributed by atoms with E-state index in [4.69, 9.17) is 0 Å². The highest BCUT2D eigenvalue weighted by molar-refractivity contribution is 5.81. The number of carbonyl (C=O) groups excluding carboxylic acids is 2. The fraction of sp³-hybridized carbons (Fsp3) is 0.875. The molecule has 1 heterocycles. The van der Waals surface area contributed by atoms with Crippen LogP contribution in [0.25, 0.3) is 0 Å². The lowest BCUT2D eigenvalue weighted by Crippen LogP contribution is -2.62. The van der Waals surface area contributed by atoms with Crippen molar-refractivity contribution in [3.63, 3.8) is 0 Å². The maximum atomic E-state index is 12.3. The number of rotatable bonds is 3. The fourth-order valence-corrected chi connectivity index (χ4v) is 3.16. The monoisotopic (exact) mass is 296 g/mol. The molecule has 2 rings (SSSR count). The maximum Gasteiger partial charge on any atom is 0.225 e. The molecule has 1 aliphatic carbocycles. The van der Waals surface area contributed by atoms with E-state index in [1.807, 2.05) is 32.6 Å². The summed E-state index contributed by atoms with van der Waals surface area (Å²) in [6, 6.07) is 0.0651. The topological polar surface area (TPSA) is 69.6 Å². The number of aliphatic hydroxyl groups is 1. The zero-order valence-electron chi connectivity index (χ0n) is 13.6. The summed E-state index contributed by atoms with van der Waals surface area (Å²) < 4.78 is 0. The maximum absolute atomic E-state index is 12.3. The van der Waals surface area contributed by atoms with Gasteiger partial charge in [-0.25, -0.2) is 0 Å². The summed E-state index contributed by atoms with van der Waals surface area (Å²) in [6.45, 7) is 9.12. The van der Waals surface area contributed by atoms with Gasteiger partial charge in [0.25, 0.3) is 0 Å². The molecule has 2 N–H and O–H groups in total. The molecular formula is C16H28N2O3. The van der Waals surface area contributed by atoms with Crippen LogP contribution < -0.4 is 5.32 Å². The molecule has 2 atom stereocenters. The van der Waals surface area contributed by atoms with Gasteiger partial charge in [0.1, 0.15) is 0 Å². The van der Waals surface area contributed by atoms with Gasteiger partial charge >= 0.3 is 0 Å². The lowest BCUT2D eigenvalue weighted by atomic mass is 9.64. The van der Waals surface area contributed by atoms with Gasteiger partial charge in [0.05, 0.1) is 6.10 Å². The van der Waals surface area contributed by atoms with Crippen LogP contribution in [0.5, 0.6) is 0 Å². The molecule has 0 aromatic carbocycles. The number of nitrogens with zero attached hydrogens (tertiary/aromatic N) is 1. The van der Waals surface area contributed by atoms with Crippen molar-refractivity contribution in [3.05, 3.63) is 0 Å². The Morgan fingerprint density at radius 2 is 1.81 bits per heavy atom. The molecule has 120 valence electrons. The first-order valence-electron chi connectivity index (χ1n) is 8.00. The normalized spacial score (nSPS) is 29.1. The summed E-state index contributed by atoms with van der Waals surface area (Å²) in [6.07, 6.45) is 1.79. The van der Waals surface area contributed by atoms with E-state index in [1.165, 1.54) is 0 Å². The lowest BCUT2D eigenvalue weighted by molar-refractivity contribution is -0.140. The Balaban J connectivity index is 1.80. The van der Waals surface area contributed by atoms with Gasteiger partial charge in [-0.3, -0.25) is 9.59 Å². The van der Waals surface area contributed by atoms with Crippen molar-refractivity contribution < 1.29 is 14.7 Å². The largest absolute Gasteiger partial charge is 0.392 e. The highest BCUT2D eigenvalue weighted by Crippen LogP contribution is 2.40. The summed E-state index contributed by atoms with van der Waals surface area (Å²) in [5, 5.41) is 12.8. The van der Waals surface area contributed by atoms with Gasteiger partial charge in [-0.05, 0) is 19.3 Å². The zero-order valence-corrected chi connectivity index (χ0v) is 13.6. The van der Waals surface area contributed by atoms with E-state index < -0.39 is 0 Å². The Labute approximate surface area is 127 Å². The molecule has 1 saturated heterocycles. The Hall–Kier alpha value is -1.10. The standard InChI is InChI=1S/C16H28N2O3/c1-10(2)15(21)18-7-5-11(6-8-18)14(20)17-12-9-13(19)16(12,3)4/h10-13,19H,5-9H2,1-4H3,(H,17,20). The molecule has 2 unspecified atom stereocenters. The molecule has 0 aromatic rings. The van der Waals surface area contributed by atoms with E-state index >= 15 is 0 Å². The molecule has 0 bridgehead atoms. The number of hydrogen-bond donors (Lipinski definition) is 2. The summed E-state index contributed by atoms with van der Waals surface area (Å²) >= 11 is 0. The predicted octanol–water partition coefficient (Wildman–Crippen LogP) is 1.16. The average Bonchev–Trinajstić information content (AvgIpc) is 2.46. The molecule has 2 aliphatic rings. The van der Waals surface area contributed by atoms with E-state index in [-0.39, 0.29) is 41.2 Å². The molecule has 1 saturated carbocycles. The third kappa shape index (κ3) is 3.23. The number of piperidine rings is 1. The molecule has 5 nitrogen and oxygen atoms in total. The van der Waals surface area contributed by atoms with Crippen LogP contribution in [0, 0.1) is 17.3 Å². The van der Waals surface area contributed by atoms with Crippen molar-refractivity contribution in [2.45, 2.75) is 59.1 Å². The number of carbonyl (C=O) groups is 2. The SMILES string of the molecule is CC(C)C(=O)N1CCC(C(=O)NC2CC(O)C2(C)C)CC1. The Morgan fingerprint density at radius 1 is 1.24 bits per heavy atom. The first-order chi connectivity index (χ1) is 9.73. The van der Waals surface area contributed by atoms with Crippen LogP contribution in [0.3, 0.4) is 0 Å². The first kappa shape index (κ1) is 16.3. The van der Waals surface area contributed by atoms with Crippen molar-refractivity contribution >= 4 is 11.8 Å². The van der Waals surface area contributed by atoms with Crippen LogP contribution in [-0.2, 0) is 9.59 Å². The van der Waals surface area contributed by atoms with Gasteiger partial charge in [-0.1, -0.05) is 27.7 Å². The number of nitrogens with one attached hydrogen (secondary N) is 1. The third-order valence-corrected chi connectivity index (χ3v) is 5.20. The van der Waals surface area contributed by atoms with Crippen molar-refractivity contribution in [1.29, 1.82) is 0 Å². The summed E-state index contributed by atoms with van der Waals surface area (Å²) in [7, 11) is 0. The molecule has 0 radical (unpaired) electrons. The minimum absolute atomic E-state index is 0.00486. The van der Waals surface area contributed by atoms with E-state index in [2.05, 4.69) is 5.32 Å².